The number of alkyl carbamates (subject to hydrolysis) is 1. The zero-order valence-electron chi connectivity index (χ0n) is 23.9. The minimum atomic E-state index is -1.19. The quantitative estimate of drug-likeness (QED) is 0.511. The first-order chi connectivity index (χ1) is 18.3. The molecule has 0 unspecified atom stereocenters. The average molecular weight is 544 g/mol. The number of alkyl halides is 1. The summed E-state index contributed by atoms with van der Waals surface area (Å²) in [5.41, 5.74) is 0.133. The van der Waals surface area contributed by atoms with Gasteiger partial charge in [0.15, 0.2) is 0 Å². The lowest BCUT2D eigenvalue weighted by Gasteiger charge is -2.64. The van der Waals surface area contributed by atoms with Crippen molar-refractivity contribution in [3.8, 4) is 0 Å². The summed E-state index contributed by atoms with van der Waals surface area (Å²) in [7, 11) is -0.622. The Kier molecular flexibility index (Phi) is 7.42. The second-order valence-corrected chi connectivity index (χ2v) is 13.5. The molecule has 1 N–H and O–H groups in total. The fourth-order valence-electron chi connectivity index (χ4n) is 7.08. The topological polar surface area (TPSA) is 86.3 Å². The Morgan fingerprint density at radius 1 is 1.18 bits per heavy atom. The van der Waals surface area contributed by atoms with Crippen LogP contribution >= 0.6 is 0 Å². The molecule has 2 bridgehead atoms. The van der Waals surface area contributed by atoms with Crippen LogP contribution in [0.4, 0.5) is 14.0 Å². The van der Waals surface area contributed by atoms with E-state index >= 15 is 0 Å². The minimum Gasteiger partial charge on any atom is -0.447 e. The summed E-state index contributed by atoms with van der Waals surface area (Å²) in [5.74, 6) is 0.534. The predicted octanol–water partition coefficient (Wildman–Crippen LogP) is 4.94. The molecule has 5 fully saturated rings. The summed E-state index contributed by atoms with van der Waals surface area (Å²) in [6, 6.07) is 9.27. The lowest BCUT2D eigenvalue weighted by molar-refractivity contribution is -0.199. The molecule has 8 nitrogen and oxygen atoms in total. The molecule has 0 spiro atoms. The molecule has 0 radical (unpaired) electrons. The van der Waals surface area contributed by atoms with Gasteiger partial charge in [0.25, 0.3) is 0 Å². The zero-order valence-corrected chi connectivity index (χ0v) is 23.9. The van der Waals surface area contributed by atoms with Crippen LogP contribution in [0.5, 0.6) is 0 Å². The van der Waals surface area contributed by atoms with E-state index in [0.29, 0.717) is 18.3 Å². The number of likely N-dealkylation sites (tertiary alicyclic amines) is 1. The number of carbonyl (C=O) groups excluding carboxylic acids is 2. The van der Waals surface area contributed by atoms with Gasteiger partial charge in [-0.1, -0.05) is 44.2 Å². The standard InChI is InChI=1S/C29H42BFN2O6/c1-27(2,3)37-26(35)33-16-20(31)15-21(33)17-36-25(34)32-24(12-18-10-8-7-9-11-18)30-38-23-14-19-13-22(28(19,4)5)29(23,6)39-30/h7-11,19-24H,12-17H2,1-6H3,(H,32,34)/t19-,20+,21+,22-,23+,24-,29-/m0/s1. The summed E-state index contributed by atoms with van der Waals surface area (Å²) in [6.07, 6.45) is 0.208. The van der Waals surface area contributed by atoms with Gasteiger partial charge in [0.1, 0.15) is 18.4 Å². The molecule has 7 atom stereocenters. The molecule has 1 aromatic carbocycles. The maximum atomic E-state index is 14.2. The normalized spacial score (nSPS) is 33.7. The van der Waals surface area contributed by atoms with E-state index in [1.165, 1.54) is 4.90 Å². The van der Waals surface area contributed by atoms with Gasteiger partial charge in [-0.05, 0) is 69.8 Å². The van der Waals surface area contributed by atoms with Crippen molar-refractivity contribution in [2.45, 2.75) is 103 Å². The van der Waals surface area contributed by atoms with Gasteiger partial charge in [0, 0.05) is 6.42 Å². The van der Waals surface area contributed by atoms with Crippen molar-refractivity contribution in [2.24, 2.45) is 17.3 Å². The number of benzene rings is 1. The predicted molar refractivity (Wildman–Crippen MR) is 145 cm³/mol. The van der Waals surface area contributed by atoms with E-state index in [-0.39, 0.29) is 31.1 Å². The molecule has 2 amide bonds. The number of nitrogens with one attached hydrogen (secondary N) is 1. The second-order valence-electron chi connectivity index (χ2n) is 13.5. The Balaban J connectivity index is 1.24. The monoisotopic (exact) mass is 544 g/mol. The number of halogens is 1. The van der Waals surface area contributed by atoms with Crippen LogP contribution in [-0.4, -0.2) is 72.8 Å². The first-order valence-corrected chi connectivity index (χ1v) is 14.2. The Morgan fingerprint density at radius 2 is 1.90 bits per heavy atom. The van der Waals surface area contributed by atoms with E-state index in [0.717, 1.165) is 18.4 Å². The molecule has 1 aromatic rings. The Hall–Kier alpha value is -2.33. The molecular weight excluding hydrogens is 502 g/mol. The highest BCUT2D eigenvalue weighted by atomic mass is 19.1. The molecule has 5 aliphatic rings. The van der Waals surface area contributed by atoms with Crippen molar-refractivity contribution in [3.05, 3.63) is 35.9 Å². The van der Waals surface area contributed by atoms with Crippen molar-refractivity contribution in [3.63, 3.8) is 0 Å². The molecule has 6 rings (SSSR count). The van der Waals surface area contributed by atoms with E-state index in [4.69, 9.17) is 18.8 Å². The molecule has 2 heterocycles. The molecule has 2 saturated heterocycles. The Bertz CT molecular complexity index is 1070. The van der Waals surface area contributed by atoms with E-state index in [2.05, 4.69) is 26.1 Å². The number of nitrogens with zero attached hydrogens (tertiary/aromatic N) is 1. The average Bonchev–Trinajstić information content (AvgIpc) is 3.41. The van der Waals surface area contributed by atoms with E-state index in [1.54, 1.807) is 20.8 Å². The fraction of sp³-hybridized carbons (Fsp3) is 0.724. The maximum absolute atomic E-state index is 14.2. The molecule has 10 heteroatoms. The minimum absolute atomic E-state index is 0.0160. The van der Waals surface area contributed by atoms with Crippen molar-refractivity contribution >= 4 is 19.3 Å². The number of rotatable bonds is 6. The molecule has 39 heavy (non-hydrogen) atoms. The van der Waals surface area contributed by atoms with Gasteiger partial charge >= 0.3 is 19.3 Å². The molecule has 3 saturated carbocycles. The maximum Gasteiger partial charge on any atom is 0.482 e. The SMILES string of the molecule is CC(C)(C)OC(=O)N1C[C@H](F)C[C@@H]1COC(=O)N[C@@H](Cc1ccccc1)B1O[C@@H]2C[C@@H]3C[C@@H](C3(C)C)[C@]2(C)O1. The Labute approximate surface area is 231 Å². The summed E-state index contributed by atoms with van der Waals surface area (Å²) in [5, 5.41) is 2.96. The molecule has 0 aromatic heterocycles. The fourth-order valence-corrected chi connectivity index (χ4v) is 7.08. The van der Waals surface area contributed by atoms with Crippen molar-refractivity contribution in [1.82, 2.24) is 10.2 Å². The highest BCUT2D eigenvalue weighted by Crippen LogP contribution is 2.65. The van der Waals surface area contributed by atoms with Crippen molar-refractivity contribution < 1.29 is 32.8 Å². The van der Waals surface area contributed by atoms with Gasteiger partial charge in [0.2, 0.25) is 0 Å². The van der Waals surface area contributed by atoms with Crippen LogP contribution in [0.2, 0.25) is 0 Å². The van der Waals surface area contributed by atoms with Crippen LogP contribution in [0, 0.1) is 17.3 Å². The molecule has 214 valence electrons. The second kappa shape index (κ2) is 10.3. The molecular formula is C29H42BFN2O6. The summed E-state index contributed by atoms with van der Waals surface area (Å²) >= 11 is 0. The number of hydrogen-bond acceptors (Lipinski definition) is 6. The third kappa shape index (κ3) is 5.64. The highest BCUT2D eigenvalue weighted by molar-refractivity contribution is 6.47. The van der Waals surface area contributed by atoms with Gasteiger partial charge in [-0.25, -0.2) is 14.0 Å². The van der Waals surface area contributed by atoms with Gasteiger partial charge in [-0.2, -0.15) is 0 Å². The molecule has 2 aliphatic heterocycles. The van der Waals surface area contributed by atoms with E-state index < -0.39 is 48.7 Å². The zero-order chi connectivity index (χ0) is 28.2. The van der Waals surface area contributed by atoms with E-state index in [9.17, 15) is 14.0 Å². The van der Waals surface area contributed by atoms with Crippen LogP contribution in [0.25, 0.3) is 0 Å². The van der Waals surface area contributed by atoms with Crippen LogP contribution in [0.3, 0.4) is 0 Å². The number of amides is 2. The van der Waals surface area contributed by atoms with Gasteiger partial charge in [0.05, 0.1) is 30.2 Å². The Morgan fingerprint density at radius 3 is 2.56 bits per heavy atom. The van der Waals surface area contributed by atoms with Gasteiger partial charge in [-0.3, -0.25) is 4.90 Å². The largest absolute Gasteiger partial charge is 0.482 e. The third-order valence-electron chi connectivity index (χ3n) is 9.30. The van der Waals surface area contributed by atoms with Crippen molar-refractivity contribution in [2.75, 3.05) is 13.2 Å². The lowest BCUT2D eigenvalue weighted by atomic mass is 9.43. The van der Waals surface area contributed by atoms with Crippen LogP contribution in [0.1, 0.15) is 66.4 Å². The summed E-state index contributed by atoms with van der Waals surface area (Å²) in [6.45, 7) is 11.8. The first kappa shape index (κ1) is 28.2. The van der Waals surface area contributed by atoms with Gasteiger partial charge in [-0.15, -0.1) is 0 Å². The summed E-state index contributed by atoms with van der Waals surface area (Å²) < 4.78 is 38.3. The number of ether oxygens (including phenoxy) is 2. The summed E-state index contributed by atoms with van der Waals surface area (Å²) in [4.78, 5) is 26.9. The smallest absolute Gasteiger partial charge is 0.447 e. The lowest BCUT2D eigenvalue weighted by Crippen LogP contribution is -2.65. The third-order valence-corrected chi connectivity index (χ3v) is 9.30. The van der Waals surface area contributed by atoms with Crippen LogP contribution in [0.15, 0.2) is 30.3 Å². The van der Waals surface area contributed by atoms with E-state index in [1.807, 2.05) is 30.3 Å². The number of hydrogen-bond donors (Lipinski definition) is 1. The molecule has 3 aliphatic carbocycles. The van der Waals surface area contributed by atoms with Crippen LogP contribution in [-0.2, 0) is 25.2 Å². The highest BCUT2D eigenvalue weighted by Gasteiger charge is 2.68. The van der Waals surface area contributed by atoms with Crippen LogP contribution < -0.4 is 5.32 Å². The van der Waals surface area contributed by atoms with Gasteiger partial charge < -0.3 is 24.1 Å². The number of carbonyl (C=O) groups is 2. The first-order valence-electron chi connectivity index (χ1n) is 14.2. The van der Waals surface area contributed by atoms with Crippen molar-refractivity contribution in [1.29, 1.82) is 0 Å².